The molecule has 0 N–H and O–H groups in total. The lowest BCUT2D eigenvalue weighted by molar-refractivity contribution is 0.0363. The highest BCUT2D eigenvalue weighted by Crippen LogP contribution is 1.99. The molecule has 0 unspecified atom stereocenters. The van der Waals surface area contributed by atoms with E-state index < -0.39 is 0 Å². The summed E-state index contributed by atoms with van der Waals surface area (Å²) in [4.78, 5) is 16.9. The van der Waals surface area contributed by atoms with E-state index in [4.69, 9.17) is 4.74 Å². The van der Waals surface area contributed by atoms with Crippen molar-refractivity contribution in [2.24, 2.45) is 0 Å². The largest absolute Gasteiger partial charge is 0.379 e. The van der Waals surface area contributed by atoms with Gasteiger partial charge in [-0.1, -0.05) is 0 Å². The lowest BCUT2D eigenvalue weighted by Gasteiger charge is -2.26. The summed E-state index contributed by atoms with van der Waals surface area (Å²) in [6.07, 6.45) is 4.28. The zero-order chi connectivity index (χ0) is 10.5. The Morgan fingerprint density at radius 2 is 2.20 bits per heavy atom. The van der Waals surface area contributed by atoms with Crippen LogP contribution in [0.25, 0.3) is 0 Å². The van der Waals surface area contributed by atoms with Crippen molar-refractivity contribution in [3.05, 3.63) is 18.2 Å². The van der Waals surface area contributed by atoms with Crippen LogP contribution in [0.4, 0.5) is 0 Å². The number of morpholine rings is 1. The van der Waals surface area contributed by atoms with E-state index in [1.807, 2.05) is 10.8 Å². The molecule has 15 heavy (non-hydrogen) atoms. The summed E-state index contributed by atoms with van der Waals surface area (Å²) in [5, 5.41) is 0. The third kappa shape index (κ3) is 2.64. The minimum atomic E-state index is 0.503. The molecule has 1 aliphatic heterocycles. The van der Waals surface area contributed by atoms with Gasteiger partial charge in [-0.15, -0.1) is 0 Å². The van der Waals surface area contributed by atoms with E-state index in [1.165, 1.54) is 0 Å². The Balaban J connectivity index is 1.84. The van der Waals surface area contributed by atoms with Crippen molar-refractivity contribution < 1.29 is 9.53 Å². The lowest BCUT2D eigenvalue weighted by atomic mass is 10.4. The fourth-order valence-corrected chi connectivity index (χ4v) is 1.70. The molecule has 0 saturated carbocycles. The molecule has 0 bridgehead atoms. The molecule has 0 amide bonds. The highest BCUT2D eigenvalue weighted by atomic mass is 16.5. The summed E-state index contributed by atoms with van der Waals surface area (Å²) >= 11 is 0. The molecule has 2 heterocycles. The average Bonchev–Trinajstić information content (AvgIpc) is 2.75. The second-order valence-corrected chi connectivity index (χ2v) is 3.55. The smallest absolute Gasteiger partial charge is 0.185 e. The number of carbonyl (C=O) groups is 1. The van der Waals surface area contributed by atoms with Crippen LogP contribution in [0.2, 0.25) is 0 Å². The Bertz CT molecular complexity index is 318. The normalized spacial score (nSPS) is 17.9. The van der Waals surface area contributed by atoms with Crippen molar-refractivity contribution in [2.45, 2.75) is 6.54 Å². The number of carbonyl (C=O) groups excluding carboxylic acids is 1. The predicted molar refractivity (Wildman–Crippen MR) is 54.9 cm³/mol. The fraction of sp³-hybridized carbons (Fsp3) is 0.600. The Labute approximate surface area is 88.7 Å². The molecule has 5 heteroatoms. The number of nitrogens with zero attached hydrogens (tertiary/aromatic N) is 3. The summed E-state index contributed by atoms with van der Waals surface area (Å²) in [6.45, 7) is 5.33. The molecule has 0 spiro atoms. The molecular formula is C10H15N3O2. The van der Waals surface area contributed by atoms with Gasteiger partial charge in [0.05, 0.1) is 13.2 Å². The Morgan fingerprint density at radius 3 is 2.93 bits per heavy atom. The minimum absolute atomic E-state index is 0.503. The van der Waals surface area contributed by atoms with Gasteiger partial charge >= 0.3 is 0 Å². The van der Waals surface area contributed by atoms with Crippen molar-refractivity contribution in [3.8, 4) is 0 Å². The van der Waals surface area contributed by atoms with E-state index >= 15 is 0 Å². The maximum Gasteiger partial charge on any atom is 0.185 e. The van der Waals surface area contributed by atoms with Crippen LogP contribution in [0.3, 0.4) is 0 Å². The number of rotatable bonds is 4. The summed E-state index contributed by atoms with van der Waals surface area (Å²) in [5.41, 5.74) is 0. The highest BCUT2D eigenvalue weighted by Gasteiger charge is 2.10. The second kappa shape index (κ2) is 5.04. The lowest BCUT2D eigenvalue weighted by Crippen LogP contribution is -2.38. The number of aldehydes is 1. The van der Waals surface area contributed by atoms with Gasteiger partial charge in [0.15, 0.2) is 12.1 Å². The first kappa shape index (κ1) is 10.3. The highest BCUT2D eigenvalue weighted by molar-refractivity contribution is 5.69. The van der Waals surface area contributed by atoms with Gasteiger partial charge in [0.25, 0.3) is 0 Å². The van der Waals surface area contributed by atoms with E-state index in [1.54, 1.807) is 6.20 Å². The molecule has 1 fully saturated rings. The number of ether oxygens (including phenoxy) is 1. The van der Waals surface area contributed by atoms with Crippen LogP contribution in [-0.2, 0) is 11.3 Å². The van der Waals surface area contributed by atoms with Crippen LogP contribution in [0.15, 0.2) is 12.4 Å². The molecular weight excluding hydrogens is 194 g/mol. The summed E-state index contributed by atoms with van der Waals surface area (Å²) in [6, 6.07) is 0. The molecule has 82 valence electrons. The van der Waals surface area contributed by atoms with E-state index in [9.17, 15) is 4.79 Å². The monoisotopic (exact) mass is 209 g/mol. The van der Waals surface area contributed by atoms with Crippen LogP contribution in [-0.4, -0.2) is 53.6 Å². The number of hydrogen-bond acceptors (Lipinski definition) is 4. The number of aromatic nitrogens is 2. The first-order chi connectivity index (χ1) is 7.40. The van der Waals surface area contributed by atoms with Crippen molar-refractivity contribution in [1.82, 2.24) is 14.5 Å². The number of imidazole rings is 1. The van der Waals surface area contributed by atoms with Gasteiger partial charge in [-0.05, 0) is 0 Å². The molecule has 5 nitrogen and oxygen atoms in total. The molecule has 1 aromatic heterocycles. The van der Waals surface area contributed by atoms with E-state index in [-0.39, 0.29) is 0 Å². The zero-order valence-electron chi connectivity index (χ0n) is 8.63. The standard InChI is InChI=1S/C10H15N3O2/c14-9-10-11-1-2-13(10)4-3-12-5-7-15-8-6-12/h1-2,9H,3-8H2. The van der Waals surface area contributed by atoms with Crippen molar-refractivity contribution in [1.29, 1.82) is 0 Å². The van der Waals surface area contributed by atoms with Gasteiger partial charge in [-0.3, -0.25) is 9.69 Å². The second-order valence-electron chi connectivity index (χ2n) is 3.55. The van der Waals surface area contributed by atoms with Gasteiger partial charge in [0.1, 0.15) is 0 Å². The van der Waals surface area contributed by atoms with Crippen LogP contribution < -0.4 is 0 Å². The minimum Gasteiger partial charge on any atom is -0.379 e. The van der Waals surface area contributed by atoms with Gasteiger partial charge in [0.2, 0.25) is 0 Å². The van der Waals surface area contributed by atoms with E-state index in [2.05, 4.69) is 9.88 Å². The first-order valence-corrected chi connectivity index (χ1v) is 5.16. The summed E-state index contributed by atoms with van der Waals surface area (Å²) < 4.78 is 7.14. The predicted octanol–water partition coefficient (Wildman–Crippen LogP) is 0.0278. The first-order valence-electron chi connectivity index (χ1n) is 5.16. The molecule has 2 rings (SSSR count). The molecule has 1 saturated heterocycles. The maximum absolute atomic E-state index is 10.6. The van der Waals surface area contributed by atoms with Gasteiger partial charge in [0, 0.05) is 38.6 Å². The molecule has 0 atom stereocenters. The van der Waals surface area contributed by atoms with Crippen LogP contribution >= 0.6 is 0 Å². The van der Waals surface area contributed by atoms with E-state index in [0.717, 1.165) is 45.7 Å². The third-order valence-corrected chi connectivity index (χ3v) is 2.61. The molecule has 0 aromatic carbocycles. The molecule has 1 aliphatic rings. The van der Waals surface area contributed by atoms with Gasteiger partial charge in [-0.2, -0.15) is 0 Å². The number of hydrogen-bond donors (Lipinski definition) is 0. The molecule has 1 aromatic rings. The van der Waals surface area contributed by atoms with Crippen molar-refractivity contribution in [3.63, 3.8) is 0 Å². The van der Waals surface area contributed by atoms with Crippen LogP contribution in [0, 0.1) is 0 Å². The summed E-state index contributed by atoms with van der Waals surface area (Å²) in [5.74, 6) is 0.503. The topological polar surface area (TPSA) is 47.4 Å². The van der Waals surface area contributed by atoms with Crippen molar-refractivity contribution in [2.75, 3.05) is 32.8 Å². The van der Waals surface area contributed by atoms with Gasteiger partial charge < -0.3 is 9.30 Å². The van der Waals surface area contributed by atoms with Crippen LogP contribution in [0.5, 0.6) is 0 Å². The van der Waals surface area contributed by atoms with Crippen molar-refractivity contribution >= 4 is 6.29 Å². The third-order valence-electron chi connectivity index (χ3n) is 2.61. The zero-order valence-corrected chi connectivity index (χ0v) is 8.63. The molecule has 0 aliphatic carbocycles. The Kier molecular flexibility index (Phi) is 3.47. The SMILES string of the molecule is O=Cc1nccn1CCN1CCOCC1. The van der Waals surface area contributed by atoms with E-state index in [0.29, 0.717) is 5.82 Å². The summed E-state index contributed by atoms with van der Waals surface area (Å²) in [7, 11) is 0. The van der Waals surface area contributed by atoms with Crippen LogP contribution in [0.1, 0.15) is 10.6 Å². The van der Waals surface area contributed by atoms with Gasteiger partial charge in [-0.25, -0.2) is 4.98 Å². The molecule has 0 radical (unpaired) electrons. The average molecular weight is 209 g/mol. The Hall–Kier alpha value is -1.20. The quantitative estimate of drug-likeness (QED) is 0.656. The maximum atomic E-state index is 10.6. The Morgan fingerprint density at radius 1 is 1.40 bits per heavy atom. The fourth-order valence-electron chi connectivity index (χ4n) is 1.70.